The molecule has 2 rings (SSSR count). The third kappa shape index (κ3) is 5.09. The molecule has 2 aromatic rings. The molecule has 0 saturated carbocycles. The molecule has 4 nitrogen and oxygen atoms in total. The van der Waals surface area contributed by atoms with Crippen LogP contribution in [0.1, 0.15) is 42.4 Å². The molecule has 2 unspecified atom stereocenters. The maximum Gasteiger partial charge on any atom is 0.233 e. The fourth-order valence-corrected chi connectivity index (χ4v) is 3.71. The Morgan fingerprint density at radius 2 is 1.72 bits per heavy atom. The van der Waals surface area contributed by atoms with Gasteiger partial charge in [-0.1, -0.05) is 41.0 Å². The molecule has 2 atom stereocenters. The number of hydrogen-bond donors (Lipinski definition) is 1. The molecule has 7 heteroatoms. The van der Waals surface area contributed by atoms with Crippen LogP contribution < -0.4 is 5.32 Å². The van der Waals surface area contributed by atoms with E-state index in [9.17, 15) is 4.79 Å². The predicted octanol–water partition coefficient (Wildman–Crippen LogP) is 5.07. The van der Waals surface area contributed by atoms with Gasteiger partial charge in [0.15, 0.2) is 5.16 Å². The van der Waals surface area contributed by atoms with Crippen molar-refractivity contribution >= 4 is 40.9 Å². The van der Waals surface area contributed by atoms with Gasteiger partial charge >= 0.3 is 0 Å². The SMILES string of the molecule is Cc1nc(SC(C)C(=O)NC(C)c2ccc(Cl)cc2Cl)nc(C)c1C. The standard InChI is InChI=1S/C18H21Cl2N3OS/c1-9-10(2)22-18(23-11(9)3)25-13(5)17(24)21-12(4)15-7-6-14(19)8-16(15)20/h6-8,12-13H,1-5H3,(H,21,24). The second-order valence-corrected chi connectivity index (χ2v) is 8.11. The number of aryl methyl sites for hydroxylation is 2. The van der Waals surface area contributed by atoms with Crippen LogP contribution in [0.4, 0.5) is 0 Å². The van der Waals surface area contributed by atoms with Crippen LogP contribution >= 0.6 is 35.0 Å². The normalized spacial score (nSPS) is 13.4. The number of benzene rings is 1. The number of amides is 1. The number of hydrogen-bond acceptors (Lipinski definition) is 4. The van der Waals surface area contributed by atoms with Crippen molar-refractivity contribution in [3.63, 3.8) is 0 Å². The maximum atomic E-state index is 12.5. The van der Waals surface area contributed by atoms with E-state index in [0.29, 0.717) is 15.2 Å². The van der Waals surface area contributed by atoms with E-state index in [0.717, 1.165) is 22.5 Å². The second kappa shape index (κ2) is 8.39. The minimum Gasteiger partial charge on any atom is -0.349 e. The van der Waals surface area contributed by atoms with Crippen LogP contribution in [0.2, 0.25) is 10.0 Å². The minimum atomic E-state index is -0.324. The van der Waals surface area contributed by atoms with Gasteiger partial charge in [0.05, 0.1) is 11.3 Å². The smallest absolute Gasteiger partial charge is 0.233 e. The summed E-state index contributed by atoms with van der Waals surface area (Å²) in [7, 11) is 0. The summed E-state index contributed by atoms with van der Waals surface area (Å²) in [4.78, 5) is 21.4. The van der Waals surface area contributed by atoms with Crippen molar-refractivity contribution in [2.24, 2.45) is 0 Å². The van der Waals surface area contributed by atoms with Gasteiger partial charge in [0, 0.05) is 21.4 Å². The molecular weight excluding hydrogens is 377 g/mol. The van der Waals surface area contributed by atoms with Crippen molar-refractivity contribution in [3.05, 3.63) is 50.8 Å². The Hall–Kier alpha value is -1.30. The Morgan fingerprint density at radius 3 is 2.28 bits per heavy atom. The van der Waals surface area contributed by atoms with Crippen molar-refractivity contribution in [2.45, 2.75) is 51.1 Å². The highest BCUT2D eigenvalue weighted by atomic mass is 35.5. The molecule has 1 N–H and O–H groups in total. The highest BCUT2D eigenvalue weighted by Gasteiger charge is 2.20. The lowest BCUT2D eigenvalue weighted by atomic mass is 10.1. The first kappa shape index (κ1) is 20.0. The number of rotatable bonds is 5. The van der Waals surface area contributed by atoms with Gasteiger partial charge in [0.1, 0.15) is 0 Å². The number of carbonyl (C=O) groups excluding carboxylic acids is 1. The molecule has 0 aliphatic rings. The number of thioether (sulfide) groups is 1. The highest BCUT2D eigenvalue weighted by molar-refractivity contribution is 8.00. The van der Waals surface area contributed by atoms with E-state index in [1.807, 2.05) is 40.7 Å². The molecule has 0 bridgehead atoms. The first-order chi connectivity index (χ1) is 11.7. The lowest BCUT2D eigenvalue weighted by Crippen LogP contribution is -2.33. The van der Waals surface area contributed by atoms with Crippen LogP contribution in [0.15, 0.2) is 23.4 Å². The van der Waals surface area contributed by atoms with E-state index < -0.39 is 0 Å². The molecule has 0 aliphatic carbocycles. The van der Waals surface area contributed by atoms with E-state index in [1.165, 1.54) is 11.8 Å². The van der Waals surface area contributed by atoms with Crippen LogP contribution in [0.3, 0.4) is 0 Å². The molecule has 0 aliphatic heterocycles. The van der Waals surface area contributed by atoms with Gasteiger partial charge in [-0.15, -0.1) is 0 Å². The van der Waals surface area contributed by atoms with Crippen LogP contribution in [0.5, 0.6) is 0 Å². The number of nitrogens with zero attached hydrogens (tertiary/aromatic N) is 2. The lowest BCUT2D eigenvalue weighted by Gasteiger charge is -2.18. The Kier molecular flexibility index (Phi) is 6.72. The molecule has 1 aromatic carbocycles. The quantitative estimate of drug-likeness (QED) is 0.565. The summed E-state index contributed by atoms with van der Waals surface area (Å²) in [6.07, 6.45) is 0. The van der Waals surface area contributed by atoms with E-state index >= 15 is 0 Å². The average molecular weight is 398 g/mol. The van der Waals surface area contributed by atoms with Crippen molar-refractivity contribution in [1.29, 1.82) is 0 Å². The molecule has 0 radical (unpaired) electrons. The Labute approximate surface area is 162 Å². The van der Waals surface area contributed by atoms with Crippen LogP contribution in [0, 0.1) is 20.8 Å². The summed E-state index contributed by atoms with van der Waals surface area (Å²) in [5.74, 6) is -0.0944. The zero-order valence-electron chi connectivity index (χ0n) is 14.9. The highest BCUT2D eigenvalue weighted by Crippen LogP contribution is 2.27. The molecule has 25 heavy (non-hydrogen) atoms. The number of carbonyl (C=O) groups is 1. The fraction of sp³-hybridized carbons (Fsp3) is 0.389. The van der Waals surface area contributed by atoms with Gasteiger partial charge in [-0.25, -0.2) is 9.97 Å². The predicted molar refractivity (Wildman–Crippen MR) is 105 cm³/mol. The molecule has 1 aromatic heterocycles. The van der Waals surface area contributed by atoms with Crippen molar-refractivity contribution < 1.29 is 4.79 Å². The van der Waals surface area contributed by atoms with Gasteiger partial charge in [-0.3, -0.25) is 4.79 Å². The number of aromatic nitrogens is 2. The summed E-state index contributed by atoms with van der Waals surface area (Å²) in [6, 6.07) is 5.03. The Morgan fingerprint density at radius 1 is 1.12 bits per heavy atom. The second-order valence-electron chi connectivity index (χ2n) is 5.96. The Balaban J connectivity index is 2.05. The third-order valence-electron chi connectivity index (χ3n) is 4.05. The molecule has 0 saturated heterocycles. The zero-order valence-corrected chi connectivity index (χ0v) is 17.2. The summed E-state index contributed by atoms with van der Waals surface area (Å²) in [6.45, 7) is 9.62. The van der Waals surface area contributed by atoms with Gasteiger partial charge in [0.25, 0.3) is 0 Å². The van der Waals surface area contributed by atoms with Gasteiger partial charge < -0.3 is 5.32 Å². The van der Waals surface area contributed by atoms with E-state index in [2.05, 4.69) is 15.3 Å². The minimum absolute atomic E-state index is 0.0944. The summed E-state index contributed by atoms with van der Waals surface area (Å²) in [5.41, 5.74) is 3.77. The molecule has 0 spiro atoms. The molecule has 1 amide bonds. The van der Waals surface area contributed by atoms with E-state index in [4.69, 9.17) is 23.2 Å². The first-order valence-corrected chi connectivity index (χ1v) is 9.56. The van der Waals surface area contributed by atoms with Crippen molar-refractivity contribution in [3.8, 4) is 0 Å². The van der Waals surface area contributed by atoms with E-state index in [-0.39, 0.29) is 17.2 Å². The Bertz CT molecular complexity index is 775. The van der Waals surface area contributed by atoms with Crippen LogP contribution in [0.25, 0.3) is 0 Å². The number of halogens is 2. The molecule has 1 heterocycles. The molecule has 0 fully saturated rings. The first-order valence-electron chi connectivity index (χ1n) is 7.93. The fourth-order valence-electron chi connectivity index (χ4n) is 2.27. The largest absolute Gasteiger partial charge is 0.349 e. The number of nitrogens with one attached hydrogen (secondary N) is 1. The maximum absolute atomic E-state index is 12.5. The van der Waals surface area contributed by atoms with Gasteiger partial charge in [-0.05, 0) is 57.9 Å². The van der Waals surface area contributed by atoms with Crippen molar-refractivity contribution in [1.82, 2.24) is 15.3 Å². The summed E-state index contributed by atoms with van der Waals surface area (Å²) >= 11 is 13.5. The summed E-state index contributed by atoms with van der Waals surface area (Å²) in [5, 5.41) is 4.37. The van der Waals surface area contributed by atoms with Crippen LogP contribution in [-0.4, -0.2) is 21.1 Å². The van der Waals surface area contributed by atoms with Gasteiger partial charge in [0.2, 0.25) is 5.91 Å². The van der Waals surface area contributed by atoms with E-state index in [1.54, 1.807) is 12.1 Å². The van der Waals surface area contributed by atoms with Crippen molar-refractivity contribution in [2.75, 3.05) is 0 Å². The lowest BCUT2D eigenvalue weighted by molar-refractivity contribution is -0.120. The topological polar surface area (TPSA) is 54.9 Å². The third-order valence-corrected chi connectivity index (χ3v) is 5.57. The summed E-state index contributed by atoms with van der Waals surface area (Å²) < 4.78 is 0. The molecular formula is C18H21Cl2N3OS. The zero-order chi connectivity index (χ0) is 18.7. The average Bonchev–Trinajstić information content (AvgIpc) is 2.52. The van der Waals surface area contributed by atoms with Gasteiger partial charge in [-0.2, -0.15) is 0 Å². The van der Waals surface area contributed by atoms with Crippen LogP contribution in [-0.2, 0) is 4.79 Å². The molecule has 134 valence electrons. The monoisotopic (exact) mass is 397 g/mol.